The molecule has 0 saturated carbocycles. The molecule has 12 heterocycles. The maximum Gasteiger partial charge on any atom is 0.261 e. The van der Waals surface area contributed by atoms with Gasteiger partial charge in [-0.2, -0.15) is 0 Å². The Labute approximate surface area is 596 Å². The van der Waals surface area contributed by atoms with Crippen LogP contribution in [0, 0.1) is 35.5 Å². The van der Waals surface area contributed by atoms with Crippen LogP contribution < -0.4 is 0 Å². The first-order valence-electron chi connectivity index (χ1n) is 36.8. The molecular weight excluding hydrogens is 1290 g/mol. The summed E-state index contributed by atoms with van der Waals surface area (Å²) in [4.78, 5) is 63.8. The van der Waals surface area contributed by atoms with Crippen LogP contribution in [0.5, 0.6) is 0 Å². The number of fused-ring (bicyclic) bond motifs is 12. The summed E-state index contributed by atoms with van der Waals surface area (Å²) in [6.45, 7) is 19.5. The zero-order chi connectivity index (χ0) is 67.1. The smallest absolute Gasteiger partial charge is 0.261 e. The predicted molar refractivity (Wildman–Crippen MR) is 418 cm³/mol. The van der Waals surface area contributed by atoms with Gasteiger partial charge in [0.15, 0.2) is 0 Å². The average Bonchev–Trinajstić information content (AvgIpc) is 1.57. The molecule has 13 heteroatoms. The minimum Gasteiger partial charge on any atom is -0.355 e. The molecule has 0 radical (unpaired) electrons. The second-order valence-corrected chi connectivity index (χ2v) is 32.9. The Balaban J connectivity index is 0.912. The van der Waals surface area contributed by atoms with E-state index in [0.717, 1.165) is 184 Å². The third kappa shape index (κ3) is 14.6. The van der Waals surface area contributed by atoms with Crippen LogP contribution in [0.2, 0.25) is 0 Å². The largest absolute Gasteiger partial charge is 0.355 e. The summed E-state index contributed by atoms with van der Waals surface area (Å²) >= 11 is 8.75. The molecule has 0 saturated heterocycles. The fourth-order valence-corrected chi connectivity index (χ4v) is 20.1. The van der Waals surface area contributed by atoms with Crippen molar-refractivity contribution in [2.75, 3.05) is 13.1 Å². The van der Waals surface area contributed by atoms with Gasteiger partial charge in [-0.15, -0.1) is 56.7 Å². The zero-order valence-electron chi connectivity index (χ0n) is 58.3. The topological polar surface area (TPSA) is 98.0 Å². The third-order valence-corrected chi connectivity index (χ3v) is 26.4. The van der Waals surface area contributed by atoms with Crippen LogP contribution in [-0.2, 0) is 22.4 Å². The summed E-state index contributed by atoms with van der Waals surface area (Å²) in [5.74, 6) is 9.71. The lowest BCUT2D eigenvalue weighted by Crippen LogP contribution is -2.31. The molecule has 13 rings (SSSR count). The molecule has 2 N–H and O–H groups in total. The Morgan fingerprint density at radius 1 is 0.485 bits per heavy atom. The SMILES string of the molecule is CCCCC(CC)CCc1ccc(-c2c3nc4c(c5ccc([nH]5)c(-c5ccc(CCC(CC)CCCC)s5)c5nc(cc6ccc2[nH]6)C=C5)-c2cc(C#Cc5ccc(C6=C7C(=O)N(CCC(CC)CCCC)C(c8cccs8)=C7C(=O)N6CCC(CC)CCCC)s5)sc2C4=C3)s1. The number of aryl methyl sites for hydroxylation is 2. The lowest BCUT2D eigenvalue weighted by Gasteiger charge is -2.26. The Morgan fingerprint density at radius 2 is 1.02 bits per heavy atom. The third-order valence-electron chi connectivity index (χ3n) is 21.1. The highest BCUT2D eigenvalue weighted by molar-refractivity contribution is 7.16. The van der Waals surface area contributed by atoms with E-state index < -0.39 is 0 Å². The number of carbonyl (C=O) groups is 2. The first-order chi connectivity index (χ1) is 47.5. The van der Waals surface area contributed by atoms with Crippen LogP contribution in [0.4, 0.5) is 0 Å². The summed E-state index contributed by atoms with van der Waals surface area (Å²) in [6.07, 6.45) is 32.2. The van der Waals surface area contributed by atoms with Crippen molar-refractivity contribution >= 4 is 126 Å². The van der Waals surface area contributed by atoms with Gasteiger partial charge in [0, 0.05) is 87.4 Å². The molecular formula is C84H96N6O2S5. The van der Waals surface area contributed by atoms with E-state index in [1.807, 2.05) is 38.5 Å². The second kappa shape index (κ2) is 31.5. The number of nitrogens with zero attached hydrogens (tertiary/aromatic N) is 4. The van der Waals surface area contributed by atoms with Crippen LogP contribution in [0.15, 0.2) is 101 Å². The number of hydrogen-bond donors (Lipinski definition) is 2. The number of aromatic nitrogens is 4. The molecule has 0 aromatic carbocycles. The number of amides is 2. The fourth-order valence-electron chi connectivity index (χ4n) is 15.2. The van der Waals surface area contributed by atoms with Gasteiger partial charge in [0.05, 0.1) is 64.8 Å². The molecule has 8 aromatic heterocycles. The summed E-state index contributed by atoms with van der Waals surface area (Å²) in [5, 5.41) is 2.06. The van der Waals surface area contributed by atoms with Crippen molar-refractivity contribution in [3.8, 4) is 43.8 Å². The molecule has 4 unspecified atom stereocenters. The van der Waals surface area contributed by atoms with E-state index in [1.54, 1.807) is 34.0 Å². The first-order valence-corrected chi connectivity index (χ1v) is 41.0. The van der Waals surface area contributed by atoms with Crippen LogP contribution >= 0.6 is 56.7 Å². The fraction of sp³-hybridized carbons (Fsp3) is 0.429. The molecule has 8 aromatic rings. The van der Waals surface area contributed by atoms with Crippen molar-refractivity contribution in [3.63, 3.8) is 0 Å². The van der Waals surface area contributed by atoms with Crippen molar-refractivity contribution < 1.29 is 9.59 Å². The molecule has 4 atom stereocenters. The minimum absolute atomic E-state index is 0.0503. The molecule has 504 valence electrons. The molecule has 1 aliphatic carbocycles. The number of unbranched alkanes of at least 4 members (excludes halogenated alkanes) is 4. The zero-order valence-corrected chi connectivity index (χ0v) is 62.4. The maximum absolute atomic E-state index is 15.3. The van der Waals surface area contributed by atoms with Crippen molar-refractivity contribution in [3.05, 3.63) is 158 Å². The Kier molecular flexibility index (Phi) is 22.3. The summed E-state index contributed by atoms with van der Waals surface area (Å²) in [7, 11) is 0. The van der Waals surface area contributed by atoms with E-state index in [1.165, 1.54) is 96.6 Å². The van der Waals surface area contributed by atoms with Crippen molar-refractivity contribution in [1.82, 2.24) is 29.7 Å². The molecule has 8 nitrogen and oxygen atoms in total. The van der Waals surface area contributed by atoms with Gasteiger partial charge in [0.1, 0.15) is 0 Å². The van der Waals surface area contributed by atoms with Crippen LogP contribution in [0.1, 0.15) is 241 Å². The predicted octanol–water partition coefficient (Wildman–Crippen LogP) is 24.4. The number of thiophene rings is 5. The van der Waals surface area contributed by atoms with Gasteiger partial charge in [0.2, 0.25) is 0 Å². The molecule has 4 aliphatic heterocycles. The van der Waals surface area contributed by atoms with Gasteiger partial charge in [-0.05, 0) is 177 Å². The Hall–Kier alpha value is -6.92. The number of carbonyl (C=O) groups excluding carboxylic acids is 2. The number of aromatic amines is 2. The quantitative estimate of drug-likeness (QED) is 0.0411. The van der Waals surface area contributed by atoms with Crippen molar-refractivity contribution in [2.45, 2.75) is 197 Å². The maximum atomic E-state index is 15.3. The molecule has 8 bridgehead atoms. The summed E-state index contributed by atoms with van der Waals surface area (Å²) < 4.78 is 0. The molecule has 0 fully saturated rings. The van der Waals surface area contributed by atoms with Crippen molar-refractivity contribution in [1.29, 1.82) is 0 Å². The van der Waals surface area contributed by atoms with E-state index in [4.69, 9.17) is 9.97 Å². The minimum atomic E-state index is -0.0503. The summed E-state index contributed by atoms with van der Waals surface area (Å²) in [6, 6.07) is 31.0. The molecule has 0 spiro atoms. The van der Waals surface area contributed by atoms with E-state index in [-0.39, 0.29) is 11.8 Å². The van der Waals surface area contributed by atoms with E-state index >= 15 is 9.59 Å². The number of H-pyrrole nitrogens is 2. The average molecular weight is 1380 g/mol. The van der Waals surface area contributed by atoms with Crippen molar-refractivity contribution in [2.24, 2.45) is 23.7 Å². The standard InChI is InChI=1S/C84H96N6O2S5/c1-9-17-22-53(13-5)27-31-59-35-42-70(94-59)75-66-38-29-57(85-66)50-58-30-39-67(86-58)76(71-43-36-60(95-71)32-28-54(14-6)23-18-10-2)69-52-64-79(88-69)74(65-40-41-68(75)87-65)63-51-62(97-82(63)64)34-33-61-37-44-73(96-61)81-78-77(83(91)90(81)48-46-56(16-8)25-20-12-4)80(72-26-21-49-93-72)89(84(78)92)47-45-55(15-7)24-19-11-3/h21,26,29-30,35-44,49-56,86-87H,9-20,22-25,27-28,31-32,45-48H2,1-8H3. The van der Waals surface area contributed by atoms with Crippen LogP contribution in [0.25, 0.3) is 89.3 Å². The van der Waals surface area contributed by atoms with Gasteiger partial charge in [-0.25, -0.2) is 9.97 Å². The number of nitrogens with one attached hydrogen (secondary N) is 2. The normalized spacial score (nSPS) is 15.3. The Bertz CT molecular complexity index is 4530. The molecule has 2 amide bonds. The number of hydrogen-bond acceptors (Lipinski definition) is 9. The van der Waals surface area contributed by atoms with E-state index in [9.17, 15) is 0 Å². The highest BCUT2D eigenvalue weighted by Crippen LogP contribution is 2.54. The van der Waals surface area contributed by atoms with E-state index in [2.05, 4.69) is 180 Å². The monoisotopic (exact) mass is 1380 g/mol. The van der Waals surface area contributed by atoms with Crippen LogP contribution in [-0.4, -0.2) is 54.6 Å². The van der Waals surface area contributed by atoms with Crippen LogP contribution in [0.3, 0.4) is 0 Å². The van der Waals surface area contributed by atoms with Gasteiger partial charge in [-0.3, -0.25) is 9.59 Å². The van der Waals surface area contributed by atoms with Gasteiger partial charge in [-0.1, -0.05) is 164 Å². The summed E-state index contributed by atoms with van der Waals surface area (Å²) in [5.41, 5.74) is 16.1. The highest BCUT2D eigenvalue weighted by Gasteiger charge is 2.49. The lowest BCUT2D eigenvalue weighted by atomic mass is 9.94. The number of rotatable bonds is 32. The first kappa shape index (κ1) is 68.6. The van der Waals surface area contributed by atoms with Gasteiger partial charge in [0.25, 0.3) is 11.8 Å². The van der Waals surface area contributed by atoms with Gasteiger partial charge >= 0.3 is 0 Å². The Morgan fingerprint density at radius 3 is 1.60 bits per heavy atom. The molecule has 97 heavy (non-hydrogen) atoms. The highest BCUT2D eigenvalue weighted by atomic mass is 32.1. The van der Waals surface area contributed by atoms with E-state index in [0.29, 0.717) is 36.1 Å². The van der Waals surface area contributed by atoms with Gasteiger partial charge < -0.3 is 19.8 Å². The molecule has 5 aliphatic rings. The second-order valence-electron chi connectivity index (χ2n) is 27.5. The lowest BCUT2D eigenvalue weighted by molar-refractivity contribution is -0.124.